The predicted molar refractivity (Wildman–Crippen MR) is 235 cm³/mol. The summed E-state index contributed by atoms with van der Waals surface area (Å²) in [5.41, 5.74) is 0. The van der Waals surface area contributed by atoms with Crippen molar-refractivity contribution in [2.24, 2.45) is 0 Å². The minimum atomic E-state index is -1.56. The van der Waals surface area contributed by atoms with Crippen LogP contribution < -0.4 is 5.32 Å². The van der Waals surface area contributed by atoms with Crippen molar-refractivity contribution in [3.63, 3.8) is 0 Å². The van der Waals surface area contributed by atoms with Gasteiger partial charge in [0.2, 0.25) is 5.91 Å². The number of hydrogen-bond donors (Lipinski definition) is 6. The second-order valence-corrected chi connectivity index (χ2v) is 16.9. The van der Waals surface area contributed by atoms with Crippen LogP contribution in [0.3, 0.4) is 0 Å². The summed E-state index contributed by atoms with van der Waals surface area (Å²) < 4.78 is 11.2. The third kappa shape index (κ3) is 29.5. The van der Waals surface area contributed by atoms with Gasteiger partial charge in [-0.1, -0.05) is 192 Å². The molecule has 1 rings (SSSR count). The number of allylic oxidation sites excluding steroid dienone is 3. The lowest BCUT2D eigenvalue weighted by Gasteiger charge is -2.40. The molecule has 336 valence electrons. The van der Waals surface area contributed by atoms with E-state index in [-0.39, 0.29) is 12.5 Å². The maximum absolute atomic E-state index is 13.0. The highest BCUT2D eigenvalue weighted by atomic mass is 16.7. The first-order valence-electron chi connectivity index (χ1n) is 24.1. The number of carbonyl (C=O) groups excluding carboxylic acids is 1. The molecule has 1 aliphatic rings. The molecule has 0 saturated carbocycles. The number of hydrogen-bond acceptors (Lipinski definition) is 8. The molecule has 7 unspecified atom stereocenters. The number of ether oxygens (including phenoxy) is 2. The molecule has 0 aromatic rings. The lowest BCUT2D eigenvalue weighted by atomic mass is 9.99. The predicted octanol–water partition coefficient (Wildman–Crippen LogP) is 10.3. The Bertz CT molecular complexity index is 945. The molecule has 1 fully saturated rings. The number of aliphatic hydroxyl groups is 5. The first-order valence-corrected chi connectivity index (χ1v) is 24.1. The van der Waals surface area contributed by atoms with Crippen LogP contribution in [0.5, 0.6) is 0 Å². The summed E-state index contributed by atoms with van der Waals surface area (Å²) in [6.45, 7) is 3.77. The molecule has 0 aliphatic carbocycles. The van der Waals surface area contributed by atoms with Crippen LogP contribution in [0.4, 0.5) is 0 Å². The molecule has 0 bridgehead atoms. The standard InChI is InChI=1S/C48H91NO8/c1-3-5-7-9-11-13-15-17-18-19-20-21-22-23-24-26-28-30-32-34-36-38-44(52)49-41(40-56-48-47(55)46(54)45(53)43(39-50)57-48)42(51)37-35-33-31-29-27-25-16-14-12-10-8-6-4-2/h17-18,35,37,41-43,45-48,50-51,53-55H,3-16,19-34,36,38-40H2,1-2H3,(H,49,52)/b18-17+,37-35+. The first-order chi connectivity index (χ1) is 27.8. The molecule has 9 nitrogen and oxygen atoms in total. The zero-order chi connectivity index (χ0) is 41.6. The van der Waals surface area contributed by atoms with Crippen molar-refractivity contribution in [1.29, 1.82) is 0 Å². The lowest BCUT2D eigenvalue weighted by Crippen LogP contribution is -2.60. The van der Waals surface area contributed by atoms with Crippen LogP contribution in [0.15, 0.2) is 24.3 Å². The zero-order valence-electron chi connectivity index (χ0n) is 36.9. The fourth-order valence-electron chi connectivity index (χ4n) is 7.62. The second kappa shape index (κ2) is 38.8. The van der Waals surface area contributed by atoms with E-state index in [9.17, 15) is 30.3 Å². The SMILES string of the molecule is CCCCCCCC/C=C/CCCCCCCCCCCCCC(=O)NC(COC1OC(CO)C(O)C(O)C1O)C(O)/C=C/CCCCCCCCCCCCC. The largest absolute Gasteiger partial charge is 0.394 e. The van der Waals surface area contributed by atoms with E-state index in [0.717, 1.165) is 38.5 Å². The van der Waals surface area contributed by atoms with Crippen molar-refractivity contribution < 1.29 is 39.8 Å². The Labute approximate surface area is 349 Å². The van der Waals surface area contributed by atoms with Crippen LogP contribution in [0.1, 0.15) is 219 Å². The normalized spacial score (nSPS) is 21.1. The Kier molecular flexibility index (Phi) is 36.6. The van der Waals surface area contributed by atoms with Gasteiger partial charge in [0.05, 0.1) is 25.4 Å². The van der Waals surface area contributed by atoms with Gasteiger partial charge >= 0.3 is 0 Å². The van der Waals surface area contributed by atoms with Crippen LogP contribution in [-0.2, 0) is 14.3 Å². The molecule has 9 heteroatoms. The molecule has 0 radical (unpaired) electrons. The Morgan fingerprint density at radius 2 is 0.982 bits per heavy atom. The molecule has 1 aliphatic heterocycles. The summed E-state index contributed by atoms with van der Waals surface area (Å²) >= 11 is 0. The average molecular weight is 810 g/mol. The van der Waals surface area contributed by atoms with Gasteiger partial charge in [0.15, 0.2) is 6.29 Å². The first kappa shape index (κ1) is 53.7. The summed E-state index contributed by atoms with van der Waals surface area (Å²) in [7, 11) is 0. The van der Waals surface area contributed by atoms with Crippen LogP contribution in [-0.4, -0.2) is 87.5 Å². The molecule has 0 aromatic heterocycles. The molecule has 7 atom stereocenters. The lowest BCUT2D eigenvalue weighted by molar-refractivity contribution is -0.302. The van der Waals surface area contributed by atoms with Gasteiger partial charge in [-0.2, -0.15) is 0 Å². The van der Waals surface area contributed by atoms with E-state index >= 15 is 0 Å². The molecular formula is C48H91NO8. The van der Waals surface area contributed by atoms with Gasteiger partial charge in [-0.25, -0.2) is 0 Å². The Balaban J connectivity index is 2.29. The van der Waals surface area contributed by atoms with E-state index in [1.54, 1.807) is 6.08 Å². The van der Waals surface area contributed by atoms with Crippen molar-refractivity contribution in [3.05, 3.63) is 24.3 Å². The highest BCUT2D eigenvalue weighted by Gasteiger charge is 2.44. The van der Waals surface area contributed by atoms with E-state index in [2.05, 4.69) is 31.3 Å². The Hall–Kier alpha value is -1.33. The topological polar surface area (TPSA) is 149 Å². The number of nitrogens with one attached hydrogen (secondary N) is 1. The van der Waals surface area contributed by atoms with Gasteiger partial charge in [-0.15, -0.1) is 0 Å². The highest BCUT2D eigenvalue weighted by molar-refractivity contribution is 5.76. The van der Waals surface area contributed by atoms with Crippen molar-refractivity contribution in [2.45, 2.75) is 262 Å². The van der Waals surface area contributed by atoms with E-state index in [0.29, 0.717) is 6.42 Å². The van der Waals surface area contributed by atoms with Gasteiger partial charge in [0, 0.05) is 6.42 Å². The molecule has 1 amide bonds. The number of aliphatic hydroxyl groups excluding tert-OH is 5. The quantitative estimate of drug-likeness (QED) is 0.0265. The van der Waals surface area contributed by atoms with Gasteiger partial charge in [-0.05, 0) is 44.9 Å². The van der Waals surface area contributed by atoms with Crippen LogP contribution in [0.2, 0.25) is 0 Å². The Morgan fingerprint density at radius 1 is 0.579 bits per heavy atom. The summed E-state index contributed by atoms with van der Waals surface area (Å²) in [4.78, 5) is 13.0. The molecular weight excluding hydrogens is 719 g/mol. The number of amides is 1. The van der Waals surface area contributed by atoms with Crippen molar-refractivity contribution in [2.75, 3.05) is 13.2 Å². The van der Waals surface area contributed by atoms with Crippen LogP contribution in [0, 0.1) is 0 Å². The monoisotopic (exact) mass is 810 g/mol. The highest BCUT2D eigenvalue weighted by Crippen LogP contribution is 2.23. The van der Waals surface area contributed by atoms with E-state index < -0.39 is 49.5 Å². The van der Waals surface area contributed by atoms with Gasteiger partial charge in [-0.3, -0.25) is 4.79 Å². The van der Waals surface area contributed by atoms with Gasteiger partial charge in [0.1, 0.15) is 24.4 Å². The van der Waals surface area contributed by atoms with Gasteiger partial charge < -0.3 is 40.3 Å². The van der Waals surface area contributed by atoms with Crippen molar-refractivity contribution in [1.82, 2.24) is 5.32 Å². The van der Waals surface area contributed by atoms with Crippen LogP contribution >= 0.6 is 0 Å². The minimum absolute atomic E-state index is 0.177. The molecule has 57 heavy (non-hydrogen) atoms. The fraction of sp³-hybridized carbons (Fsp3) is 0.896. The minimum Gasteiger partial charge on any atom is -0.394 e. The van der Waals surface area contributed by atoms with Crippen LogP contribution in [0.25, 0.3) is 0 Å². The average Bonchev–Trinajstić information content (AvgIpc) is 3.21. The third-order valence-electron chi connectivity index (χ3n) is 11.5. The molecule has 0 aromatic carbocycles. The number of unbranched alkanes of at least 4 members (excludes halogenated alkanes) is 28. The van der Waals surface area contributed by atoms with Crippen molar-refractivity contribution >= 4 is 5.91 Å². The van der Waals surface area contributed by atoms with Crippen molar-refractivity contribution in [3.8, 4) is 0 Å². The third-order valence-corrected chi connectivity index (χ3v) is 11.5. The molecule has 1 heterocycles. The summed E-state index contributed by atoms with van der Waals surface area (Å²) in [5, 5.41) is 54.2. The number of carbonyl (C=O) groups is 1. The fourth-order valence-corrected chi connectivity index (χ4v) is 7.62. The summed E-state index contributed by atoms with van der Waals surface area (Å²) in [5.74, 6) is -0.177. The maximum atomic E-state index is 13.0. The van der Waals surface area contributed by atoms with E-state index in [1.165, 1.54) is 161 Å². The summed E-state index contributed by atoms with van der Waals surface area (Å²) in [6, 6.07) is -0.801. The summed E-state index contributed by atoms with van der Waals surface area (Å²) in [6.07, 6.45) is 39.3. The Morgan fingerprint density at radius 3 is 1.42 bits per heavy atom. The van der Waals surface area contributed by atoms with Gasteiger partial charge in [0.25, 0.3) is 0 Å². The van der Waals surface area contributed by atoms with E-state index in [4.69, 9.17) is 9.47 Å². The van der Waals surface area contributed by atoms with E-state index in [1.807, 2.05) is 6.08 Å². The zero-order valence-corrected chi connectivity index (χ0v) is 36.9. The number of rotatable bonds is 40. The smallest absolute Gasteiger partial charge is 0.220 e. The molecule has 0 spiro atoms. The molecule has 6 N–H and O–H groups in total. The second-order valence-electron chi connectivity index (χ2n) is 16.9. The maximum Gasteiger partial charge on any atom is 0.220 e. The molecule has 1 saturated heterocycles.